The summed E-state index contributed by atoms with van der Waals surface area (Å²) in [6.07, 6.45) is 1.92. The second-order valence-corrected chi connectivity index (χ2v) is 11.3. The van der Waals surface area contributed by atoms with Crippen LogP contribution in [0.1, 0.15) is 35.1 Å². The molecule has 6 aliphatic rings. The van der Waals surface area contributed by atoms with E-state index < -0.39 is 17.3 Å². The fourth-order valence-corrected chi connectivity index (χ4v) is 7.54. The van der Waals surface area contributed by atoms with E-state index in [4.69, 9.17) is 9.73 Å². The molecular weight excluding hydrogens is 520 g/mol. The van der Waals surface area contributed by atoms with E-state index in [2.05, 4.69) is 36.4 Å². The average Bonchev–Trinajstić information content (AvgIpc) is 3.27. The van der Waals surface area contributed by atoms with Crippen LogP contribution in [0.5, 0.6) is 5.75 Å². The second kappa shape index (κ2) is 9.25. The molecule has 1 fully saturated rings. The number of nitrogens with zero attached hydrogens (tertiary/aromatic N) is 2. The van der Waals surface area contributed by atoms with Gasteiger partial charge in [0.2, 0.25) is 11.8 Å². The monoisotopic (exact) mass is 548 g/mol. The lowest BCUT2D eigenvalue weighted by atomic mass is 9.52. The van der Waals surface area contributed by atoms with Crippen molar-refractivity contribution in [1.82, 2.24) is 0 Å². The molecule has 0 unspecified atom stereocenters. The van der Waals surface area contributed by atoms with Gasteiger partial charge in [0, 0.05) is 17.5 Å². The maximum absolute atomic E-state index is 14.8. The third-order valence-electron chi connectivity index (χ3n) is 9.26. The van der Waals surface area contributed by atoms with Crippen LogP contribution in [0.3, 0.4) is 0 Å². The number of ether oxygens (including phenoxy) is 1. The summed E-state index contributed by atoms with van der Waals surface area (Å²) in [6, 6.07) is 38.1. The van der Waals surface area contributed by atoms with Crippen LogP contribution in [0.4, 0.5) is 11.4 Å². The highest BCUT2D eigenvalue weighted by atomic mass is 16.5. The first-order valence-electron chi connectivity index (χ1n) is 14.5. The lowest BCUT2D eigenvalue weighted by Gasteiger charge is -2.48. The Hall–Kier alpha value is -5.03. The molecule has 2 amide bonds. The summed E-state index contributed by atoms with van der Waals surface area (Å²) < 4.78 is 5.62. The summed E-state index contributed by atoms with van der Waals surface area (Å²) in [5, 5.41) is 1.88. The van der Waals surface area contributed by atoms with Crippen LogP contribution in [0.2, 0.25) is 0 Å². The number of hydrogen-bond donors (Lipinski definition) is 0. The number of carbonyl (C=O) groups is 2. The summed E-state index contributed by atoms with van der Waals surface area (Å²) in [5.74, 6) is -0.981. The normalized spacial score (nSPS) is 23.7. The first kappa shape index (κ1) is 24.7. The van der Waals surface area contributed by atoms with Gasteiger partial charge in [0.25, 0.3) is 0 Å². The van der Waals surface area contributed by atoms with Crippen LogP contribution in [0.25, 0.3) is 10.8 Å². The maximum atomic E-state index is 14.8. The van der Waals surface area contributed by atoms with Crippen molar-refractivity contribution in [2.75, 3.05) is 11.5 Å². The highest BCUT2D eigenvalue weighted by molar-refractivity contribution is 6.27. The van der Waals surface area contributed by atoms with Gasteiger partial charge in [-0.25, -0.2) is 4.90 Å². The Morgan fingerprint density at radius 3 is 2.36 bits per heavy atom. The molecule has 1 heterocycles. The van der Waals surface area contributed by atoms with Gasteiger partial charge < -0.3 is 4.74 Å². The van der Waals surface area contributed by atoms with Crippen LogP contribution < -0.4 is 9.64 Å². The van der Waals surface area contributed by atoms with Crippen LogP contribution in [-0.2, 0) is 15.0 Å². The van der Waals surface area contributed by atoms with Crippen LogP contribution in [0.15, 0.2) is 120 Å². The van der Waals surface area contributed by atoms with Gasteiger partial charge in [-0.1, -0.05) is 84.9 Å². The first-order valence-corrected chi connectivity index (χ1v) is 14.5. The van der Waals surface area contributed by atoms with Gasteiger partial charge in [-0.15, -0.1) is 0 Å². The highest BCUT2D eigenvalue weighted by Crippen LogP contribution is 2.60. The Morgan fingerprint density at radius 2 is 1.55 bits per heavy atom. The van der Waals surface area contributed by atoms with Gasteiger partial charge >= 0.3 is 0 Å². The zero-order valence-corrected chi connectivity index (χ0v) is 23.1. The standard InChI is InChI=1S/C37H28N2O3/c1-2-42-27-20-18-26(19-21-27)38-22-37-25-16-14-24(15-17-25)32(29-11-5-6-12-30(29)37)33-34(37)36(41)39(35(33)40)31-13-7-9-23-8-3-4-10-28(23)31/h3-22,32-34H,2H2,1H3/t32-,33+,34-,37+/m0/s1. The van der Waals surface area contributed by atoms with Crippen LogP contribution in [-0.4, -0.2) is 24.6 Å². The Balaban J connectivity index is 1.36. The molecule has 0 N–H and O–H groups in total. The molecule has 1 aliphatic heterocycles. The number of benzene rings is 5. The Labute approximate surface area is 244 Å². The molecule has 5 aromatic carbocycles. The Kier molecular flexibility index (Phi) is 5.45. The van der Waals surface area contributed by atoms with Crippen LogP contribution in [0, 0.1) is 11.8 Å². The SMILES string of the molecule is CCOc1ccc(N=C[C@@]23c4ccc(cc4)[C@@H](c4ccccc42)[C@H]2C(=O)N(c4cccc5ccccc45)C(=O)[C@H]23)cc1. The fourth-order valence-electron chi connectivity index (χ4n) is 7.54. The Bertz CT molecular complexity index is 1910. The zero-order chi connectivity index (χ0) is 28.4. The molecule has 0 spiro atoms. The predicted molar refractivity (Wildman–Crippen MR) is 165 cm³/mol. The van der Waals surface area contributed by atoms with E-state index in [0.29, 0.717) is 12.3 Å². The minimum atomic E-state index is -0.929. The number of amides is 2. The van der Waals surface area contributed by atoms with Gasteiger partial charge in [0.15, 0.2) is 0 Å². The van der Waals surface area contributed by atoms with Crippen LogP contribution >= 0.6 is 0 Å². The largest absolute Gasteiger partial charge is 0.494 e. The number of fused-ring (bicyclic) bond motifs is 1. The molecule has 4 bridgehead atoms. The molecule has 0 saturated carbocycles. The molecule has 204 valence electrons. The third kappa shape index (κ3) is 3.34. The van der Waals surface area contributed by atoms with E-state index in [1.165, 1.54) is 4.90 Å². The molecule has 5 aliphatic carbocycles. The van der Waals surface area contributed by atoms with Crippen molar-refractivity contribution in [1.29, 1.82) is 0 Å². The van der Waals surface area contributed by atoms with E-state index >= 15 is 0 Å². The summed E-state index contributed by atoms with van der Waals surface area (Å²) in [4.78, 5) is 35.9. The number of rotatable bonds is 5. The number of hydrogen-bond acceptors (Lipinski definition) is 4. The summed E-state index contributed by atoms with van der Waals surface area (Å²) in [5.41, 5.74) is 4.60. The lowest BCUT2D eigenvalue weighted by molar-refractivity contribution is -0.122. The Morgan fingerprint density at radius 1 is 0.810 bits per heavy atom. The van der Waals surface area contributed by atoms with E-state index in [-0.39, 0.29) is 17.7 Å². The highest BCUT2D eigenvalue weighted by Gasteiger charge is 2.65. The molecule has 11 rings (SSSR count). The third-order valence-corrected chi connectivity index (χ3v) is 9.26. The number of anilines is 1. The maximum Gasteiger partial charge on any atom is 0.239 e. The summed E-state index contributed by atoms with van der Waals surface area (Å²) in [6.45, 7) is 2.54. The van der Waals surface area contributed by atoms with E-state index in [0.717, 1.165) is 44.5 Å². The van der Waals surface area contributed by atoms with Crippen molar-refractivity contribution < 1.29 is 14.3 Å². The molecule has 4 atom stereocenters. The molecule has 0 radical (unpaired) electrons. The van der Waals surface area contributed by atoms with Crippen molar-refractivity contribution in [2.24, 2.45) is 16.8 Å². The molecule has 42 heavy (non-hydrogen) atoms. The molecule has 5 aromatic rings. The van der Waals surface area contributed by atoms with Gasteiger partial charge in [0.1, 0.15) is 5.75 Å². The molecule has 1 saturated heterocycles. The molecule has 5 heteroatoms. The van der Waals surface area contributed by atoms with Crippen molar-refractivity contribution in [2.45, 2.75) is 18.3 Å². The zero-order valence-electron chi connectivity index (χ0n) is 23.1. The molecular formula is C37H28N2O3. The van der Waals surface area contributed by atoms with Gasteiger partial charge in [-0.05, 0) is 64.9 Å². The van der Waals surface area contributed by atoms with Crippen molar-refractivity contribution in [3.8, 4) is 5.75 Å². The molecule has 0 aromatic heterocycles. The van der Waals surface area contributed by atoms with E-state index in [1.807, 2.05) is 92.0 Å². The number of aliphatic imine (C=N–C) groups is 1. The van der Waals surface area contributed by atoms with Gasteiger partial charge in [-0.3, -0.25) is 14.6 Å². The van der Waals surface area contributed by atoms with Gasteiger partial charge in [-0.2, -0.15) is 0 Å². The minimum absolute atomic E-state index is 0.151. The second-order valence-electron chi connectivity index (χ2n) is 11.3. The fraction of sp³-hybridized carbons (Fsp3) is 0.162. The number of carbonyl (C=O) groups excluding carboxylic acids is 2. The van der Waals surface area contributed by atoms with E-state index in [9.17, 15) is 9.59 Å². The lowest BCUT2D eigenvalue weighted by Crippen LogP contribution is -2.51. The topological polar surface area (TPSA) is 59.0 Å². The van der Waals surface area contributed by atoms with Crippen molar-refractivity contribution >= 4 is 40.2 Å². The molecule has 5 nitrogen and oxygen atoms in total. The summed E-state index contributed by atoms with van der Waals surface area (Å²) in [7, 11) is 0. The smallest absolute Gasteiger partial charge is 0.239 e. The quantitative estimate of drug-likeness (QED) is 0.173. The van der Waals surface area contributed by atoms with Crippen molar-refractivity contribution in [3.05, 3.63) is 138 Å². The van der Waals surface area contributed by atoms with Crippen molar-refractivity contribution in [3.63, 3.8) is 0 Å². The predicted octanol–water partition coefficient (Wildman–Crippen LogP) is 7.19. The van der Waals surface area contributed by atoms with E-state index in [1.54, 1.807) is 0 Å². The number of imide groups is 1. The minimum Gasteiger partial charge on any atom is -0.494 e. The first-order chi connectivity index (χ1) is 20.6. The summed E-state index contributed by atoms with van der Waals surface area (Å²) >= 11 is 0. The average molecular weight is 549 g/mol. The van der Waals surface area contributed by atoms with Gasteiger partial charge in [0.05, 0.1) is 35.2 Å².